The van der Waals surface area contributed by atoms with Crippen molar-refractivity contribution in [2.75, 3.05) is 26.2 Å². The summed E-state index contributed by atoms with van der Waals surface area (Å²) >= 11 is 0. The molecule has 138 valence electrons. The first-order valence-electron chi connectivity index (χ1n) is 9.53. The minimum absolute atomic E-state index is 0.0890. The molecular formula is C20H28F2N2O. The van der Waals surface area contributed by atoms with Crippen LogP contribution in [0.25, 0.3) is 0 Å². The van der Waals surface area contributed by atoms with Crippen LogP contribution in [0.5, 0.6) is 0 Å². The summed E-state index contributed by atoms with van der Waals surface area (Å²) in [5.41, 5.74) is -0.140. The van der Waals surface area contributed by atoms with Gasteiger partial charge in [-0.3, -0.25) is 4.79 Å². The number of benzene rings is 1. The summed E-state index contributed by atoms with van der Waals surface area (Å²) < 4.78 is 27.6. The normalized spacial score (nSPS) is 23.5. The van der Waals surface area contributed by atoms with E-state index in [0.29, 0.717) is 6.54 Å². The third-order valence-electron chi connectivity index (χ3n) is 5.64. The van der Waals surface area contributed by atoms with Gasteiger partial charge in [0.05, 0.1) is 5.56 Å². The van der Waals surface area contributed by atoms with Gasteiger partial charge in [0.2, 0.25) is 0 Å². The number of hydrogen-bond donors (Lipinski definition) is 0. The van der Waals surface area contributed by atoms with Crippen molar-refractivity contribution in [1.29, 1.82) is 0 Å². The van der Waals surface area contributed by atoms with Gasteiger partial charge in [-0.25, -0.2) is 8.78 Å². The van der Waals surface area contributed by atoms with Gasteiger partial charge in [-0.2, -0.15) is 0 Å². The standard InChI is InChI=1S/C20H28F2N2O/c1-15-8-11-23(12-9-15)14-17-5-3-2-4-10-24(17)20(25)18-13-16(21)6-7-19(18)22/h6-7,13,15,17H,2-5,8-12,14H2,1H3. The predicted octanol–water partition coefficient (Wildman–Crippen LogP) is 4.08. The van der Waals surface area contributed by atoms with Crippen LogP contribution in [0, 0.1) is 17.6 Å². The fraction of sp³-hybridized carbons (Fsp3) is 0.650. The zero-order valence-electron chi connectivity index (χ0n) is 15.0. The van der Waals surface area contributed by atoms with Gasteiger partial charge < -0.3 is 9.80 Å². The van der Waals surface area contributed by atoms with Gasteiger partial charge in [-0.15, -0.1) is 0 Å². The van der Waals surface area contributed by atoms with Crippen molar-refractivity contribution in [3.63, 3.8) is 0 Å². The van der Waals surface area contributed by atoms with E-state index in [-0.39, 0.29) is 17.5 Å². The number of piperidine rings is 1. The summed E-state index contributed by atoms with van der Waals surface area (Å²) in [5, 5.41) is 0. The molecule has 0 aromatic heterocycles. The van der Waals surface area contributed by atoms with Gasteiger partial charge in [0.15, 0.2) is 0 Å². The zero-order valence-corrected chi connectivity index (χ0v) is 15.0. The molecule has 2 aliphatic rings. The van der Waals surface area contributed by atoms with Crippen LogP contribution in [0.3, 0.4) is 0 Å². The molecule has 5 heteroatoms. The maximum absolute atomic E-state index is 14.1. The Balaban J connectivity index is 1.75. The summed E-state index contributed by atoms with van der Waals surface area (Å²) in [5.74, 6) is -0.805. The lowest BCUT2D eigenvalue weighted by molar-refractivity contribution is 0.0601. The molecule has 2 fully saturated rings. The average molecular weight is 350 g/mol. The number of likely N-dealkylation sites (tertiary alicyclic amines) is 2. The summed E-state index contributed by atoms with van der Waals surface area (Å²) in [6.07, 6.45) is 6.43. The van der Waals surface area contributed by atoms with Gasteiger partial charge in [0.25, 0.3) is 5.91 Å². The largest absolute Gasteiger partial charge is 0.334 e. The molecule has 3 nitrogen and oxygen atoms in total. The van der Waals surface area contributed by atoms with Crippen LogP contribution in [0.4, 0.5) is 8.78 Å². The van der Waals surface area contributed by atoms with E-state index in [0.717, 1.165) is 69.4 Å². The topological polar surface area (TPSA) is 23.6 Å². The highest BCUT2D eigenvalue weighted by Crippen LogP contribution is 2.24. The Bertz CT molecular complexity index is 599. The van der Waals surface area contributed by atoms with Crippen LogP contribution >= 0.6 is 0 Å². The molecule has 1 aromatic carbocycles. The Morgan fingerprint density at radius 2 is 1.84 bits per heavy atom. The van der Waals surface area contributed by atoms with E-state index in [4.69, 9.17) is 0 Å². The van der Waals surface area contributed by atoms with Crippen molar-refractivity contribution >= 4 is 5.91 Å². The molecule has 1 unspecified atom stereocenters. The van der Waals surface area contributed by atoms with Crippen LogP contribution in [-0.4, -0.2) is 47.9 Å². The predicted molar refractivity (Wildman–Crippen MR) is 94.5 cm³/mol. The van der Waals surface area contributed by atoms with E-state index >= 15 is 0 Å². The van der Waals surface area contributed by atoms with Crippen LogP contribution < -0.4 is 0 Å². The molecule has 0 N–H and O–H groups in total. The third-order valence-corrected chi connectivity index (χ3v) is 5.64. The van der Waals surface area contributed by atoms with Gasteiger partial charge >= 0.3 is 0 Å². The average Bonchev–Trinajstić information content (AvgIpc) is 2.84. The van der Waals surface area contributed by atoms with E-state index in [1.54, 1.807) is 4.90 Å². The van der Waals surface area contributed by atoms with Crippen molar-refractivity contribution in [1.82, 2.24) is 9.80 Å². The summed E-state index contributed by atoms with van der Waals surface area (Å²) in [6, 6.07) is 3.22. The molecule has 1 amide bonds. The molecular weight excluding hydrogens is 322 g/mol. The Morgan fingerprint density at radius 3 is 2.60 bits per heavy atom. The molecule has 2 aliphatic heterocycles. The number of carbonyl (C=O) groups excluding carboxylic acids is 1. The lowest BCUT2D eigenvalue weighted by atomic mass is 9.98. The third kappa shape index (κ3) is 4.57. The van der Waals surface area contributed by atoms with Gasteiger partial charge in [0.1, 0.15) is 11.6 Å². The first-order valence-corrected chi connectivity index (χ1v) is 9.53. The van der Waals surface area contributed by atoms with E-state index in [2.05, 4.69) is 11.8 Å². The van der Waals surface area contributed by atoms with E-state index in [9.17, 15) is 13.6 Å². The SMILES string of the molecule is CC1CCN(CC2CCCCCN2C(=O)c2cc(F)ccc2F)CC1. The number of rotatable bonds is 3. The van der Waals surface area contributed by atoms with Crippen molar-refractivity contribution in [2.24, 2.45) is 5.92 Å². The maximum atomic E-state index is 14.1. The molecule has 2 saturated heterocycles. The molecule has 0 saturated carbocycles. The van der Waals surface area contributed by atoms with Crippen LogP contribution in [-0.2, 0) is 0 Å². The lowest BCUT2D eigenvalue weighted by Crippen LogP contribution is -2.48. The van der Waals surface area contributed by atoms with Crippen LogP contribution in [0.15, 0.2) is 18.2 Å². The van der Waals surface area contributed by atoms with Crippen molar-refractivity contribution in [2.45, 2.75) is 51.5 Å². The van der Waals surface area contributed by atoms with Gasteiger partial charge in [0, 0.05) is 19.1 Å². The minimum atomic E-state index is -0.638. The fourth-order valence-electron chi connectivity index (χ4n) is 3.99. The molecule has 1 aromatic rings. The monoisotopic (exact) mass is 350 g/mol. The highest BCUT2D eigenvalue weighted by molar-refractivity contribution is 5.94. The number of amides is 1. The molecule has 0 aliphatic carbocycles. The first kappa shape index (κ1) is 18.3. The molecule has 25 heavy (non-hydrogen) atoms. The van der Waals surface area contributed by atoms with Gasteiger partial charge in [-0.05, 0) is 62.9 Å². The maximum Gasteiger partial charge on any atom is 0.257 e. The zero-order chi connectivity index (χ0) is 17.8. The second-order valence-corrected chi connectivity index (χ2v) is 7.61. The smallest absolute Gasteiger partial charge is 0.257 e. The summed E-state index contributed by atoms with van der Waals surface area (Å²) in [7, 11) is 0. The van der Waals surface area contributed by atoms with E-state index < -0.39 is 11.6 Å². The Morgan fingerprint density at radius 1 is 1.08 bits per heavy atom. The fourth-order valence-corrected chi connectivity index (χ4v) is 3.99. The Kier molecular flexibility index (Phi) is 6.05. The number of nitrogens with zero attached hydrogens (tertiary/aromatic N) is 2. The van der Waals surface area contributed by atoms with Crippen molar-refractivity contribution in [3.05, 3.63) is 35.4 Å². The van der Waals surface area contributed by atoms with Crippen LogP contribution in [0.1, 0.15) is 55.8 Å². The second-order valence-electron chi connectivity index (χ2n) is 7.61. The molecule has 3 rings (SSSR count). The number of hydrogen-bond acceptors (Lipinski definition) is 2. The minimum Gasteiger partial charge on any atom is -0.334 e. The summed E-state index contributed by atoms with van der Waals surface area (Å²) in [4.78, 5) is 17.2. The first-order chi connectivity index (χ1) is 12.0. The van der Waals surface area contributed by atoms with E-state index in [1.165, 1.54) is 12.8 Å². The van der Waals surface area contributed by atoms with Crippen LogP contribution in [0.2, 0.25) is 0 Å². The Labute approximate surface area is 149 Å². The second kappa shape index (κ2) is 8.26. The van der Waals surface area contributed by atoms with Gasteiger partial charge in [-0.1, -0.05) is 19.8 Å². The molecule has 0 bridgehead atoms. The highest BCUT2D eigenvalue weighted by atomic mass is 19.1. The lowest BCUT2D eigenvalue weighted by Gasteiger charge is -2.37. The molecule has 0 radical (unpaired) electrons. The van der Waals surface area contributed by atoms with Crippen molar-refractivity contribution < 1.29 is 13.6 Å². The molecule has 2 heterocycles. The number of halogens is 2. The number of carbonyl (C=O) groups is 1. The summed E-state index contributed by atoms with van der Waals surface area (Å²) in [6.45, 7) is 5.88. The van der Waals surface area contributed by atoms with Crippen molar-refractivity contribution in [3.8, 4) is 0 Å². The van der Waals surface area contributed by atoms with E-state index in [1.807, 2.05) is 0 Å². The quantitative estimate of drug-likeness (QED) is 0.820. The Hall–Kier alpha value is -1.49. The molecule has 0 spiro atoms. The molecule has 1 atom stereocenters. The highest BCUT2D eigenvalue weighted by Gasteiger charge is 2.30.